The van der Waals surface area contributed by atoms with E-state index in [0.717, 1.165) is 0 Å². The van der Waals surface area contributed by atoms with Crippen molar-refractivity contribution in [3.05, 3.63) is 0 Å². The van der Waals surface area contributed by atoms with Crippen molar-refractivity contribution in [3.63, 3.8) is 0 Å². The molecule has 0 aliphatic carbocycles. The van der Waals surface area contributed by atoms with Crippen LogP contribution >= 0.6 is 0 Å². The second kappa shape index (κ2) is 3.17. The maximum absolute atomic E-state index is 12.8. The minimum Gasteiger partial charge on any atom is -0.368 e. The lowest BCUT2D eigenvalue weighted by molar-refractivity contribution is -0.327. The average Bonchev–Trinajstić information content (AvgIpc) is 1.99. The first kappa shape index (κ1) is 10.3. The molecule has 10 heteroatoms. The van der Waals surface area contributed by atoms with Gasteiger partial charge in [0, 0.05) is 0 Å². The highest BCUT2D eigenvalue weighted by molar-refractivity contribution is 5.37. The van der Waals surface area contributed by atoms with E-state index >= 15 is 0 Å². The van der Waals surface area contributed by atoms with E-state index in [1.54, 1.807) is 0 Å². The van der Waals surface area contributed by atoms with Crippen molar-refractivity contribution in [1.29, 1.82) is 0 Å². The van der Waals surface area contributed by atoms with Crippen molar-refractivity contribution in [2.75, 3.05) is 16.6 Å². The number of rotatable bonds is 2. The molecule has 0 aliphatic heterocycles. The Hall–Kier alpha value is -1.78. The van der Waals surface area contributed by atoms with Crippen LogP contribution in [0, 0.1) is 0 Å². The number of halogens is 1. The molecule has 0 bridgehead atoms. The third-order valence-corrected chi connectivity index (χ3v) is 1.10. The van der Waals surface area contributed by atoms with Crippen molar-refractivity contribution in [1.82, 2.24) is 15.0 Å². The van der Waals surface area contributed by atoms with Crippen LogP contribution in [0.3, 0.4) is 0 Å². The van der Waals surface area contributed by atoms with Crippen LogP contribution in [0.25, 0.3) is 0 Å². The summed E-state index contributed by atoms with van der Waals surface area (Å²) in [6.45, 7) is 0. The maximum Gasteiger partial charge on any atom is 0.399 e. The van der Waals surface area contributed by atoms with Gasteiger partial charge in [0.2, 0.25) is 11.9 Å². The highest BCUT2D eigenvalue weighted by Crippen LogP contribution is 2.16. The average molecular weight is 206 g/mol. The zero-order chi connectivity index (χ0) is 10.9. The molecule has 0 saturated carbocycles. The third kappa shape index (κ3) is 2.12. The fourth-order valence-electron chi connectivity index (χ4n) is 0.619. The molecule has 1 aromatic rings. The van der Waals surface area contributed by atoms with Crippen molar-refractivity contribution in [3.8, 4) is 0 Å². The monoisotopic (exact) mass is 206 g/mol. The van der Waals surface area contributed by atoms with E-state index in [1.165, 1.54) is 0 Å². The van der Waals surface area contributed by atoms with Gasteiger partial charge in [0.15, 0.2) is 0 Å². The van der Waals surface area contributed by atoms with Crippen LogP contribution in [0.15, 0.2) is 0 Å². The highest BCUT2D eigenvalue weighted by Gasteiger charge is 2.33. The van der Waals surface area contributed by atoms with Gasteiger partial charge in [-0.25, -0.2) is 0 Å². The molecule has 14 heavy (non-hydrogen) atoms. The number of hydrogen-bond acceptors (Lipinski definition) is 9. The minimum atomic E-state index is -3.75. The quantitative estimate of drug-likeness (QED) is 0.257. The van der Waals surface area contributed by atoms with E-state index in [0.29, 0.717) is 0 Å². The number of nitrogens with two attached hydrogens (primary N) is 2. The lowest BCUT2D eigenvalue weighted by Crippen LogP contribution is -2.44. The Morgan fingerprint density at radius 2 is 1.50 bits per heavy atom. The van der Waals surface area contributed by atoms with Gasteiger partial charge in [0.25, 0.3) is 5.95 Å². The topological polar surface area (TPSA) is 155 Å². The summed E-state index contributed by atoms with van der Waals surface area (Å²) < 4.78 is 12.8. The van der Waals surface area contributed by atoms with Crippen LogP contribution in [0.5, 0.6) is 0 Å². The Kier molecular flexibility index (Phi) is 2.33. The second-order valence-electron chi connectivity index (χ2n) is 2.23. The molecule has 1 heterocycles. The normalized spacial score (nSPS) is 11.4. The van der Waals surface area contributed by atoms with Crippen LogP contribution in [-0.2, 0) is 0 Å². The van der Waals surface area contributed by atoms with Gasteiger partial charge in [-0.1, -0.05) is 9.60 Å². The Labute approximate surface area is 76.4 Å². The summed E-state index contributed by atoms with van der Waals surface area (Å²) in [7, 11) is 0. The van der Waals surface area contributed by atoms with Crippen molar-refractivity contribution >= 4 is 17.8 Å². The standard InChI is InChI=1S/C4H7FN6O3/c5-11(4(12,13)14)3-9-1(6)8-2(7)10-3/h12-14H,(H4,6,7,8,9,10). The lowest BCUT2D eigenvalue weighted by atomic mass is 10.8. The molecule has 1 aromatic heterocycles. The van der Waals surface area contributed by atoms with Crippen molar-refractivity contribution < 1.29 is 19.8 Å². The van der Waals surface area contributed by atoms with Gasteiger partial charge in [-0.05, 0) is 0 Å². The Bertz CT molecular complexity index is 320. The molecule has 0 aromatic carbocycles. The second-order valence-corrected chi connectivity index (χ2v) is 2.23. The van der Waals surface area contributed by atoms with Gasteiger partial charge in [-0.2, -0.15) is 15.0 Å². The molecule has 9 nitrogen and oxygen atoms in total. The van der Waals surface area contributed by atoms with Gasteiger partial charge in [-0.15, -0.1) is 0 Å². The van der Waals surface area contributed by atoms with Gasteiger partial charge in [0.1, 0.15) is 0 Å². The van der Waals surface area contributed by atoms with Crippen molar-refractivity contribution in [2.24, 2.45) is 0 Å². The Morgan fingerprint density at radius 3 is 1.86 bits per heavy atom. The molecule has 0 atom stereocenters. The van der Waals surface area contributed by atoms with Crippen LogP contribution in [-0.4, -0.2) is 36.4 Å². The molecule has 1 rings (SSSR count). The lowest BCUT2D eigenvalue weighted by Gasteiger charge is -2.20. The molecule has 0 unspecified atom stereocenters. The summed E-state index contributed by atoms with van der Waals surface area (Å²) >= 11 is 0. The molecule has 7 N–H and O–H groups in total. The molecule has 78 valence electrons. The number of nitrogen functional groups attached to an aromatic ring is 2. The molecule has 0 amide bonds. The van der Waals surface area contributed by atoms with Gasteiger partial charge < -0.3 is 26.8 Å². The van der Waals surface area contributed by atoms with E-state index in [4.69, 9.17) is 26.8 Å². The molecule has 0 saturated heterocycles. The molecule has 0 fully saturated rings. The summed E-state index contributed by atoms with van der Waals surface area (Å²) in [4.78, 5) is 9.59. The predicted octanol–water partition coefficient (Wildman–Crippen LogP) is -2.68. The zero-order valence-corrected chi connectivity index (χ0v) is 6.66. The molecule has 0 radical (unpaired) electrons. The molecular formula is C4H7FN6O3. The fourth-order valence-corrected chi connectivity index (χ4v) is 0.619. The summed E-state index contributed by atoms with van der Waals surface area (Å²) in [5, 5.41) is 24.3. The SMILES string of the molecule is Nc1nc(N)nc(N(F)C(O)(O)O)n1. The van der Waals surface area contributed by atoms with Gasteiger partial charge in [0.05, 0.1) is 0 Å². The highest BCUT2D eigenvalue weighted by atomic mass is 19.2. The van der Waals surface area contributed by atoms with E-state index in [9.17, 15) is 4.48 Å². The van der Waals surface area contributed by atoms with E-state index < -0.39 is 29.1 Å². The first-order chi connectivity index (χ1) is 6.30. The molecule has 0 spiro atoms. The van der Waals surface area contributed by atoms with Gasteiger partial charge in [-0.3, -0.25) is 0 Å². The minimum absolute atomic E-state index is 0.431. The number of hydrogen-bond donors (Lipinski definition) is 5. The van der Waals surface area contributed by atoms with E-state index in [-0.39, 0.29) is 0 Å². The summed E-state index contributed by atoms with van der Waals surface area (Å²) in [6, 6.07) is 0. The Morgan fingerprint density at radius 1 is 1.07 bits per heavy atom. The van der Waals surface area contributed by atoms with Crippen LogP contribution in [0.1, 0.15) is 0 Å². The van der Waals surface area contributed by atoms with Crippen LogP contribution < -0.4 is 16.6 Å². The van der Waals surface area contributed by atoms with Gasteiger partial charge >= 0.3 is 6.10 Å². The number of aromatic nitrogens is 3. The third-order valence-electron chi connectivity index (χ3n) is 1.10. The number of aliphatic hydroxyl groups is 3. The van der Waals surface area contributed by atoms with E-state index in [2.05, 4.69) is 15.0 Å². The molecule has 0 aliphatic rings. The summed E-state index contributed by atoms with van der Waals surface area (Å²) in [6.07, 6.45) is -3.75. The zero-order valence-electron chi connectivity index (χ0n) is 6.66. The Balaban J connectivity index is 3.07. The smallest absolute Gasteiger partial charge is 0.368 e. The maximum atomic E-state index is 12.8. The number of anilines is 3. The number of nitrogens with zero attached hydrogens (tertiary/aromatic N) is 4. The van der Waals surface area contributed by atoms with Crippen molar-refractivity contribution in [2.45, 2.75) is 6.10 Å². The van der Waals surface area contributed by atoms with E-state index in [1.807, 2.05) is 0 Å². The van der Waals surface area contributed by atoms with Crippen LogP contribution in [0.4, 0.5) is 22.3 Å². The van der Waals surface area contributed by atoms with Crippen LogP contribution in [0.2, 0.25) is 0 Å². The molecular weight excluding hydrogens is 199 g/mol. The largest absolute Gasteiger partial charge is 0.399 e. The fraction of sp³-hybridized carbons (Fsp3) is 0.250. The summed E-state index contributed by atoms with van der Waals surface area (Å²) in [5.41, 5.74) is 10.1. The summed E-state index contributed by atoms with van der Waals surface area (Å²) in [5.74, 6) is -1.79. The first-order valence-corrected chi connectivity index (χ1v) is 3.21. The first-order valence-electron chi connectivity index (χ1n) is 3.21. The predicted molar refractivity (Wildman–Crippen MR) is 41.6 cm³/mol.